The van der Waals surface area contributed by atoms with Crippen molar-refractivity contribution in [3.05, 3.63) is 41.5 Å². The molecule has 0 aliphatic carbocycles. The Kier molecular flexibility index (Phi) is 9.99. The molecular formula is C25H36N2O5S. The molecule has 1 aliphatic heterocycles. The number of aryl methyl sites for hydroxylation is 1. The van der Waals surface area contributed by atoms with Crippen molar-refractivity contribution >= 4 is 11.9 Å². The summed E-state index contributed by atoms with van der Waals surface area (Å²) >= 11 is 1.68. The van der Waals surface area contributed by atoms with Crippen molar-refractivity contribution in [2.24, 2.45) is 0 Å². The van der Waals surface area contributed by atoms with Crippen LogP contribution in [0.25, 0.3) is 0 Å². The van der Waals surface area contributed by atoms with E-state index in [1.807, 2.05) is 24.3 Å². The van der Waals surface area contributed by atoms with Crippen LogP contribution in [-0.2, 0) is 6.54 Å². The van der Waals surface area contributed by atoms with Crippen molar-refractivity contribution in [2.75, 3.05) is 33.9 Å². The van der Waals surface area contributed by atoms with Gasteiger partial charge in [-0.3, -0.25) is 0 Å². The molecule has 2 N–H and O–H groups in total. The minimum atomic E-state index is 0.192. The zero-order chi connectivity index (χ0) is 23.6. The first-order chi connectivity index (χ1) is 16.1. The molecule has 1 aliphatic rings. The predicted molar refractivity (Wildman–Crippen MR) is 131 cm³/mol. The molecule has 1 heterocycles. The fourth-order valence-corrected chi connectivity index (χ4v) is 4.94. The average Bonchev–Trinajstić information content (AvgIpc) is 2.82. The highest BCUT2D eigenvalue weighted by Gasteiger charge is 2.24. The lowest BCUT2D eigenvalue weighted by molar-refractivity contribution is 0.138. The van der Waals surface area contributed by atoms with Crippen LogP contribution in [0.1, 0.15) is 43.7 Å². The van der Waals surface area contributed by atoms with Crippen LogP contribution in [0.5, 0.6) is 23.0 Å². The van der Waals surface area contributed by atoms with E-state index in [1.165, 1.54) is 0 Å². The highest BCUT2D eigenvalue weighted by molar-refractivity contribution is 7.97. The Morgan fingerprint density at radius 3 is 2.48 bits per heavy atom. The van der Waals surface area contributed by atoms with Gasteiger partial charge in [-0.05, 0) is 74.0 Å². The average molecular weight is 477 g/mol. The molecule has 0 saturated carbocycles. The summed E-state index contributed by atoms with van der Waals surface area (Å²) in [5.74, 6) is 3.12. The maximum Gasteiger partial charge on any atom is 0.166 e. The summed E-state index contributed by atoms with van der Waals surface area (Å²) in [6.07, 6.45) is 4.28. The van der Waals surface area contributed by atoms with Gasteiger partial charge in [-0.2, -0.15) is 0 Å². The number of nitrogens with zero attached hydrogens (tertiary/aromatic N) is 1. The van der Waals surface area contributed by atoms with Crippen molar-refractivity contribution in [2.45, 2.75) is 57.1 Å². The maximum absolute atomic E-state index is 9.31. The summed E-state index contributed by atoms with van der Waals surface area (Å²) in [4.78, 5) is 1.03. The summed E-state index contributed by atoms with van der Waals surface area (Å²) in [6.45, 7) is 7.08. The smallest absolute Gasteiger partial charge is 0.166 e. The summed E-state index contributed by atoms with van der Waals surface area (Å²) in [5.41, 5.74) is 4.23. The highest BCUT2D eigenvalue weighted by atomic mass is 32.2. The van der Waals surface area contributed by atoms with Crippen LogP contribution >= 0.6 is 11.9 Å². The standard InChI is InChI=1S/C25H36N2O5S/c1-5-6-15-31-22-8-7-20(16-18(22)2)32-19-11-13-27(14-12-19)33-24-10-9-23(29-3)25(30-4)21(24)17-26-28/h7-10,16,19,26,28H,5-6,11-15,17H2,1-4H3. The van der Waals surface area contributed by atoms with Gasteiger partial charge in [-0.25, -0.2) is 9.79 Å². The van der Waals surface area contributed by atoms with Crippen molar-refractivity contribution < 1.29 is 24.2 Å². The number of benzene rings is 2. The minimum Gasteiger partial charge on any atom is -0.493 e. The number of hydrogen-bond donors (Lipinski definition) is 2. The quantitative estimate of drug-likeness (QED) is 0.245. The Hall–Kier alpha value is -2.13. The number of ether oxygens (including phenoxy) is 4. The third kappa shape index (κ3) is 6.93. The van der Waals surface area contributed by atoms with Crippen molar-refractivity contribution in [1.82, 2.24) is 9.79 Å². The first-order valence-electron chi connectivity index (χ1n) is 11.5. The zero-order valence-electron chi connectivity index (χ0n) is 20.1. The molecule has 1 fully saturated rings. The fraction of sp³-hybridized carbons (Fsp3) is 0.520. The van der Waals surface area contributed by atoms with E-state index >= 15 is 0 Å². The summed E-state index contributed by atoms with van der Waals surface area (Å²) in [5, 5.41) is 9.31. The first kappa shape index (κ1) is 25.5. The number of piperidine rings is 1. The second kappa shape index (κ2) is 12.9. The fourth-order valence-electron chi connectivity index (χ4n) is 3.86. The van der Waals surface area contributed by atoms with Crippen LogP contribution in [0.3, 0.4) is 0 Å². The highest BCUT2D eigenvalue weighted by Crippen LogP contribution is 2.39. The van der Waals surface area contributed by atoms with Crippen LogP contribution in [0.15, 0.2) is 35.2 Å². The topological polar surface area (TPSA) is 72.4 Å². The zero-order valence-corrected chi connectivity index (χ0v) is 20.9. The van der Waals surface area contributed by atoms with E-state index in [2.05, 4.69) is 29.7 Å². The third-order valence-corrected chi connectivity index (χ3v) is 6.90. The summed E-state index contributed by atoms with van der Waals surface area (Å²) in [7, 11) is 3.22. The Bertz CT molecular complexity index is 887. The number of unbranched alkanes of at least 4 members (excludes halogenated alkanes) is 1. The lowest BCUT2D eigenvalue weighted by Crippen LogP contribution is -2.34. The molecule has 0 bridgehead atoms. The van der Waals surface area contributed by atoms with Crippen LogP contribution in [0.2, 0.25) is 0 Å². The van der Waals surface area contributed by atoms with E-state index in [4.69, 9.17) is 18.9 Å². The number of hydrogen-bond acceptors (Lipinski definition) is 8. The number of nitrogens with one attached hydrogen (secondary N) is 1. The summed E-state index contributed by atoms with van der Waals surface area (Å²) in [6, 6.07) is 10.00. The van der Waals surface area contributed by atoms with E-state index < -0.39 is 0 Å². The molecule has 0 aromatic heterocycles. The van der Waals surface area contributed by atoms with Gasteiger partial charge in [0, 0.05) is 23.5 Å². The van der Waals surface area contributed by atoms with E-state index in [1.54, 1.807) is 26.2 Å². The van der Waals surface area contributed by atoms with Gasteiger partial charge in [-0.1, -0.05) is 13.3 Å². The normalized spacial score (nSPS) is 14.8. The molecule has 7 nitrogen and oxygen atoms in total. The molecule has 8 heteroatoms. The molecule has 2 aromatic rings. The van der Waals surface area contributed by atoms with E-state index in [0.717, 1.165) is 72.9 Å². The van der Waals surface area contributed by atoms with Gasteiger partial charge in [0.25, 0.3) is 0 Å². The van der Waals surface area contributed by atoms with Crippen molar-refractivity contribution in [3.8, 4) is 23.0 Å². The molecular weight excluding hydrogens is 440 g/mol. The summed E-state index contributed by atoms with van der Waals surface area (Å²) < 4.78 is 25.4. The Morgan fingerprint density at radius 2 is 1.85 bits per heavy atom. The maximum atomic E-state index is 9.31. The van der Waals surface area contributed by atoms with Crippen molar-refractivity contribution in [3.63, 3.8) is 0 Å². The lowest BCUT2D eigenvalue weighted by Gasteiger charge is -2.32. The van der Waals surface area contributed by atoms with Gasteiger partial charge < -0.3 is 24.2 Å². The molecule has 0 spiro atoms. The Labute approximate surface area is 201 Å². The second-order valence-electron chi connectivity index (χ2n) is 8.08. The van der Waals surface area contributed by atoms with Gasteiger partial charge in [0.15, 0.2) is 11.5 Å². The second-order valence-corrected chi connectivity index (χ2v) is 9.22. The molecule has 0 amide bonds. The van der Waals surface area contributed by atoms with Crippen LogP contribution < -0.4 is 24.4 Å². The number of hydroxylamine groups is 1. The molecule has 182 valence electrons. The molecule has 0 radical (unpaired) electrons. The molecule has 1 saturated heterocycles. The van der Waals surface area contributed by atoms with Gasteiger partial charge in [0.2, 0.25) is 0 Å². The number of rotatable bonds is 12. The molecule has 2 aromatic carbocycles. The van der Waals surface area contributed by atoms with Gasteiger partial charge in [0.1, 0.15) is 17.6 Å². The largest absolute Gasteiger partial charge is 0.493 e. The molecule has 0 atom stereocenters. The van der Waals surface area contributed by atoms with E-state index in [-0.39, 0.29) is 12.6 Å². The first-order valence-corrected chi connectivity index (χ1v) is 12.3. The van der Waals surface area contributed by atoms with Crippen LogP contribution in [0, 0.1) is 6.92 Å². The number of methoxy groups -OCH3 is 2. The predicted octanol–water partition coefficient (Wildman–Crippen LogP) is 5.22. The Balaban J connectivity index is 1.56. The monoisotopic (exact) mass is 476 g/mol. The van der Waals surface area contributed by atoms with E-state index in [0.29, 0.717) is 11.5 Å². The molecule has 3 rings (SSSR count). The van der Waals surface area contributed by atoms with Crippen molar-refractivity contribution in [1.29, 1.82) is 0 Å². The molecule has 0 unspecified atom stereocenters. The molecule has 33 heavy (non-hydrogen) atoms. The van der Waals surface area contributed by atoms with Gasteiger partial charge in [-0.15, -0.1) is 0 Å². The van der Waals surface area contributed by atoms with Crippen LogP contribution in [-0.4, -0.2) is 49.5 Å². The van der Waals surface area contributed by atoms with Gasteiger partial charge >= 0.3 is 0 Å². The lowest BCUT2D eigenvalue weighted by atomic mass is 10.1. The third-order valence-electron chi connectivity index (χ3n) is 5.69. The van der Waals surface area contributed by atoms with Gasteiger partial charge in [0.05, 0.1) is 27.4 Å². The van der Waals surface area contributed by atoms with Crippen LogP contribution in [0.4, 0.5) is 0 Å². The SMILES string of the molecule is CCCCOc1ccc(OC2CCN(Sc3ccc(OC)c(OC)c3CNO)CC2)cc1C. The Morgan fingerprint density at radius 1 is 1.09 bits per heavy atom. The minimum absolute atomic E-state index is 0.192. The van der Waals surface area contributed by atoms with E-state index in [9.17, 15) is 5.21 Å².